The Labute approximate surface area is 144 Å². The number of hydrogen-bond donors (Lipinski definition) is 2. The van der Waals surface area contributed by atoms with Gasteiger partial charge in [-0.1, -0.05) is 20.8 Å². The molecule has 1 aromatic rings. The van der Waals surface area contributed by atoms with Crippen molar-refractivity contribution in [3.63, 3.8) is 0 Å². The molecule has 1 fully saturated rings. The maximum atomic E-state index is 5.80. The zero-order valence-corrected chi connectivity index (χ0v) is 15.8. The lowest BCUT2D eigenvalue weighted by molar-refractivity contribution is 0.383. The Kier molecular flexibility index (Phi) is 6.00. The van der Waals surface area contributed by atoms with Crippen molar-refractivity contribution in [3.8, 4) is 0 Å². The summed E-state index contributed by atoms with van der Waals surface area (Å²) in [6.45, 7) is 13.0. The van der Waals surface area contributed by atoms with Gasteiger partial charge in [-0.2, -0.15) is 11.8 Å². The number of aromatic nitrogens is 1. The summed E-state index contributed by atoms with van der Waals surface area (Å²) in [5, 5.41) is 6.75. The SMILES string of the molecule is CCNC(=NCc1ncc(C(C)(C)C)o1)NCC1(C)CCCS1. The molecular weight excluding hydrogens is 308 g/mol. The Morgan fingerprint density at radius 1 is 1.43 bits per heavy atom. The van der Waals surface area contributed by atoms with E-state index < -0.39 is 0 Å². The fourth-order valence-corrected chi connectivity index (χ4v) is 3.71. The average molecular weight is 339 g/mol. The van der Waals surface area contributed by atoms with Gasteiger partial charge < -0.3 is 15.1 Å². The van der Waals surface area contributed by atoms with Gasteiger partial charge in [0, 0.05) is 23.3 Å². The van der Waals surface area contributed by atoms with Gasteiger partial charge >= 0.3 is 0 Å². The van der Waals surface area contributed by atoms with Crippen molar-refractivity contribution < 1.29 is 4.42 Å². The van der Waals surface area contributed by atoms with E-state index >= 15 is 0 Å². The molecule has 0 amide bonds. The number of hydrogen-bond acceptors (Lipinski definition) is 4. The summed E-state index contributed by atoms with van der Waals surface area (Å²) in [6, 6.07) is 0. The van der Waals surface area contributed by atoms with Crippen molar-refractivity contribution in [2.45, 2.75) is 64.2 Å². The number of rotatable bonds is 5. The van der Waals surface area contributed by atoms with Crippen molar-refractivity contribution in [2.75, 3.05) is 18.8 Å². The summed E-state index contributed by atoms with van der Waals surface area (Å²) in [7, 11) is 0. The van der Waals surface area contributed by atoms with Crippen LogP contribution in [0, 0.1) is 0 Å². The molecule has 6 heteroatoms. The molecule has 1 aliphatic rings. The third kappa shape index (κ3) is 5.44. The molecule has 1 aliphatic heterocycles. The molecule has 1 saturated heterocycles. The van der Waals surface area contributed by atoms with Crippen molar-refractivity contribution in [1.29, 1.82) is 0 Å². The van der Waals surface area contributed by atoms with E-state index in [1.54, 1.807) is 6.20 Å². The highest BCUT2D eigenvalue weighted by molar-refractivity contribution is 8.00. The summed E-state index contributed by atoms with van der Waals surface area (Å²) in [5.74, 6) is 3.65. The first-order valence-corrected chi connectivity index (χ1v) is 9.42. The normalized spacial score (nSPS) is 22.4. The third-order valence-electron chi connectivity index (χ3n) is 3.94. The van der Waals surface area contributed by atoms with Crippen LogP contribution in [0.2, 0.25) is 0 Å². The summed E-state index contributed by atoms with van der Waals surface area (Å²) >= 11 is 2.05. The molecule has 1 aromatic heterocycles. The first kappa shape index (κ1) is 18.2. The zero-order valence-electron chi connectivity index (χ0n) is 15.0. The highest BCUT2D eigenvalue weighted by atomic mass is 32.2. The highest BCUT2D eigenvalue weighted by Gasteiger charge is 2.29. The van der Waals surface area contributed by atoms with Crippen molar-refractivity contribution in [2.24, 2.45) is 4.99 Å². The number of oxazole rings is 1. The van der Waals surface area contributed by atoms with Crippen LogP contribution in [0.5, 0.6) is 0 Å². The van der Waals surface area contributed by atoms with Crippen LogP contribution in [0.1, 0.15) is 59.1 Å². The zero-order chi connectivity index (χ0) is 16.9. The molecule has 0 spiro atoms. The van der Waals surface area contributed by atoms with E-state index in [1.165, 1.54) is 18.6 Å². The quantitative estimate of drug-likeness (QED) is 0.637. The minimum absolute atomic E-state index is 0.0218. The largest absolute Gasteiger partial charge is 0.443 e. The van der Waals surface area contributed by atoms with Crippen LogP contribution in [-0.2, 0) is 12.0 Å². The molecule has 130 valence electrons. The first-order chi connectivity index (χ1) is 10.8. The monoisotopic (exact) mass is 338 g/mol. The second kappa shape index (κ2) is 7.60. The average Bonchev–Trinajstić information content (AvgIpc) is 3.11. The van der Waals surface area contributed by atoms with E-state index in [9.17, 15) is 0 Å². The molecule has 0 aliphatic carbocycles. The van der Waals surface area contributed by atoms with E-state index in [1.807, 2.05) is 11.8 Å². The van der Waals surface area contributed by atoms with Crippen LogP contribution in [0.15, 0.2) is 15.6 Å². The van der Waals surface area contributed by atoms with Gasteiger partial charge in [0.05, 0.1) is 6.20 Å². The molecule has 0 aromatic carbocycles. The Morgan fingerprint density at radius 2 is 2.22 bits per heavy atom. The minimum atomic E-state index is -0.0218. The van der Waals surface area contributed by atoms with Gasteiger partial charge in [-0.15, -0.1) is 0 Å². The maximum Gasteiger partial charge on any atom is 0.216 e. The Morgan fingerprint density at radius 3 is 2.78 bits per heavy atom. The lowest BCUT2D eigenvalue weighted by Gasteiger charge is -2.24. The molecule has 1 atom stereocenters. The second-order valence-electron chi connectivity index (χ2n) is 7.32. The molecule has 2 N–H and O–H groups in total. The van der Waals surface area contributed by atoms with E-state index in [2.05, 4.69) is 55.2 Å². The van der Waals surface area contributed by atoms with Gasteiger partial charge in [-0.25, -0.2) is 9.98 Å². The lowest BCUT2D eigenvalue weighted by Crippen LogP contribution is -2.43. The van der Waals surface area contributed by atoms with Crippen molar-refractivity contribution in [1.82, 2.24) is 15.6 Å². The predicted molar refractivity (Wildman–Crippen MR) is 98.1 cm³/mol. The fourth-order valence-electron chi connectivity index (χ4n) is 2.47. The molecule has 2 rings (SSSR count). The summed E-state index contributed by atoms with van der Waals surface area (Å²) in [6.07, 6.45) is 4.38. The van der Waals surface area contributed by atoms with Crippen LogP contribution in [0.25, 0.3) is 0 Å². The molecule has 23 heavy (non-hydrogen) atoms. The number of guanidine groups is 1. The van der Waals surface area contributed by atoms with Gasteiger partial charge in [0.1, 0.15) is 12.3 Å². The summed E-state index contributed by atoms with van der Waals surface area (Å²) in [4.78, 5) is 8.93. The van der Waals surface area contributed by atoms with E-state index in [0.717, 1.165) is 24.8 Å². The third-order valence-corrected chi connectivity index (χ3v) is 5.48. The summed E-state index contributed by atoms with van der Waals surface area (Å²) < 4.78 is 6.11. The maximum absolute atomic E-state index is 5.80. The van der Waals surface area contributed by atoms with Crippen LogP contribution in [-0.4, -0.2) is 34.5 Å². The molecule has 0 saturated carbocycles. The van der Waals surface area contributed by atoms with Gasteiger partial charge in [0.2, 0.25) is 5.89 Å². The van der Waals surface area contributed by atoms with Crippen molar-refractivity contribution in [3.05, 3.63) is 17.8 Å². The van der Waals surface area contributed by atoms with Crippen molar-refractivity contribution >= 4 is 17.7 Å². The smallest absolute Gasteiger partial charge is 0.216 e. The van der Waals surface area contributed by atoms with Crippen LogP contribution < -0.4 is 10.6 Å². The van der Waals surface area contributed by atoms with Gasteiger partial charge in [0.25, 0.3) is 0 Å². The summed E-state index contributed by atoms with van der Waals surface area (Å²) in [5.41, 5.74) is -0.0218. The topological polar surface area (TPSA) is 62.5 Å². The van der Waals surface area contributed by atoms with Gasteiger partial charge in [-0.3, -0.25) is 0 Å². The fraction of sp³-hybridized carbons (Fsp3) is 0.765. The van der Waals surface area contributed by atoms with Crippen LogP contribution in [0.3, 0.4) is 0 Å². The van der Waals surface area contributed by atoms with Gasteiger partial charge in [-0.05, 0) is 32.4 Å². The van der Waals surface area contributed by atoms with E-state index in [0.29, 0.717) is 17.2 Å². The minimum Gasteiger partial charge on any atom is -0.443 e. The molecule has 1 unspecified atom stereocenters. The number of thioether (sulfide) groups is 1. The van der Waals surface area contributed by atoms with Gasteiger partial charge in [0.15, 0.2) is 5.96 Å². The highest BCUT2D eigenvalue weighted by Crippen LogP contribution is 2.36. The lowest BCUT2D eigenvalue weighted by atomic mass is 9.94. The second-order valence-corrected chi connectivity index (χ2v) is 9.00. The predicted octanol–water partition coefficient (Wildman–Crippen LogP) is 3.31. The molecular formula is C17H30N4OS. The Balaban J connectivity index is 1.94. The molecule has 2 heterocycles. The Bertz CT molecular complexity index is 527. The molecule has 5 nitrogen and oxygen atoms in total. The number of nitrogens with one attached hydrogen (secondary N) is 2. The van der Waals surface area contributed by atoms with Crippen LogP contribution >= 0.6 is 11.8 Å². The van der Waals surface area contributed by atoms with Crippen LogP contribution in [0.4, 0.5) is 0 Å². The standard InChI is InChI=1S/C17H30N4OS/c1-6-18-15(21-12-17(5)8-7-9-23-17)20-11-14-19-10-13(22-14)16(2,3)4/h10H,6-9,11-12H2,1-5H3,(H2,18,20,21). The Hall–Kier alpha value is -1.17. The van der Waals surface area contributed by atoms with E-state index in [-0.39, 0.29) is 5.41 Å². The number of aliphatic imine (C=N–C) groups is 1. The molecule has 0 bridgehead atoms. The molecule has 0 radical (unpaired) electrons. The first-order valence-electron chi connectivity index (χ1n) is 8.44. The number of nitrogens with zero attached hydrogens (tertiary/aromatic N) is 2. The van der Waals surface area contributed by atoms with E-state index in [4.69, 9.17) is 4.42 Å².